The van der Waals surface area contributed by atoms with Gasteiger partial charge in [0, 0.05) is 36.8 Å². The van der Waals surface area contributed by atoms with E-state index in [0.29, 0.717) is 6.04 Å². The van der Waals surface area contributed by atoms with Gasteiger partial charge in [-0.3, -0.25) is 0 Å². The number of likely N-dealkylation sites (N-methyl/N-ethyl adjacent to an activating group) is 1. The summed E-state index contributed by atoms with van der Waals surface area (Å²) in [6, 6.07) is 4.61. The predicted molar refractivity (Wildman–Crippen MR) is 63.0 cm³/mol. The molecule has 2 heterocycles. The van der Waals surface area contributed by atoms with Gasteiger partial charge in [-0.25, -0.2) is 4.98 Å². The van der Waals surface area contributed by atoms with Crippen molar-refractivity contribution in [2.24, 2.45) is 7.05 Å². The largest absolute Gasteiger partial charge is 0.338 e. The molecule has 0 aliphatic heterocycles. The van der Waals surface area contributed by atoms with Gasteiger partial charge >= 0.3 is 0 Å². The first-order valence-electron chi connectivity index (χ1n) is 4.98. The smallest absolute Gasteiger partial charge is 0.110 e. The van der Waals surface area contributed by atoms with Gasteiger partial charge < -0.3 is 9.88 Å². The number of aryl methyl sites for hydroxylation is 1. The second kappa shape index (κ2) is 4.59. The number of nitrogens with zero attached hydrogens (tertiary/aromatic N) is 2. The lowest BCUT2D eigenvalue weighted by Crippen LogP contribution is -2.19. The van der Waals surface area contributed by atoms with E-state index in [1.807, 2.05) is 26.5 Å². The van der Waals surface area contributed by atoms with Crippen LogP contribution in [-0.4, -0.2) is 16.6 Å². The lowest BCUT2D eigenvalue weighted by molar-refractivity contribution is 0.572. The standard InChI is InChI=1S/C11H15N3S/c1-12-9(10-4-3-7-15-10)8-11-13-5-6-14(11)2/h3-7,9,12H,8H2,1-2H3. The Bertz CT molecular complexity index is 405. The second-order valence-electron chi connectivity index (χ2n) is 3.52. The highest BCUT2D eigenvalue weighted by atomic mass is 32.1. The van der Waals surface area contributed by atoms with E-state index in [9.17, 15) is 0 Å². The Labute approximate surface area is 93.8 Å². The van der Waals surface area contributed by atoms with Crippen molar-refractivity contribution in [3.05, 3.63) is 40.6 Å². The monoisotopic (exact) mass is 221 g/mol. The summed E-state index contributed by atoms with van der Waals surface area (Å²) in [4.78, 5) is 5.70. The fraction of sp³-hybridized carbons (Fsp3) is 0.364. The summed E-state index contributed by atoms with van der Waals surface area (Å²) in [5.41, 5.74) is 0. The maximum absolute atomic E-state index is 4.34. The van der Waals surface area contributed by atoms with Gasteiger partial charge in [0.15, 0.2) is 0 Å². The van der Waals surface area contributed by atoms with Crippen LogP contribution in [0.15, 0.2) is 29.9 Å². The van der Waals surface area contributed by atoms with E-state index in [1.54, 1.807) is 11.3 Å². The molecule has 0 fully saturated rings. The topological polar surface area (TPSA) is 29.9 Å². The van der Waals surface area contributed by atoms with E-state index < -0.39 is 0 Å². The van der Waals surface area contributed by atoms with Crippen LogP contribution in [0, 0.1) is 0 Å². The molecule has 80 valence electrons. The molecule has 0 spiro atoms. The molecular weight excluding hydrogens is 206 g/mol. The number of thiophene rings is 1. The molecule has 15 heavy (non-hydrogen) atoms. The Morgan fingerprint density at radius 1 is 1.60 bits per heavy atom. The van der Waals surface area contributed by atoms with E-state index in [-0.39, 0.29) is 0 Å². The second-order valence-corrected chi connectivity index (χ2v) is 4.49. The van der Waals surface area contributed by atoms with Crippen LogP contribution in [0.25, 0.3) is 0 Å². The van der Waals surface area contributed by atoms with Gasteiger partial charge in [0.25, 0.3) is 0 Å². The first-order chi connectivity index (χ1) is 7.31. The average molecular weight is 221 g/mol. The summed E-state index contributed by atoms with van der Waals surface area (Å²) >= 11 is 1.78. The van der Waals surface area contributed by atoms with Crippen molar-refractivity contribution in [1.29, 1.82) is 0 Å². The third kappa shape index (κ3) is 2.27. The minimum absolute atomic E-state index is 0.367. The van der Waals surface area contributed by atoms with Gasteiger partial charge in [0.2, 0.25) is 0 Å². The molecule has 1 unspecified atom stereocenters. The molecule has 4 heteroatoms. The molecule has 0 amide bonds. The number of imidazole rings is 1. The zero-order chi connectivity index (χ0) is 10.7. The Balaban J connectivity index is 2.13. The van der Waals surface area contributed by atoms with E-state index in [2.05, 4.69) is 32.4 Å². The highest BCUT2D eigenvalue weighted by Crippen LogP contribution is 2.21. The predicted octanol–water partition coefficient (Wildman–Crippen LogP) is 1.98. The van der Waals surface area contributed by atoms with Gasteiger partial charge in [-0.1, -0.05) is 6.07 Å². The fourth-order valence-corrected chi connectivity index (χ4v) is 2.45. The Morgan fingerprint density at radius 3 is 3.00 bits per heavy atom. The zero-order valence-corrected chi connectivity index (χ0v) is 9.79. The Morgan fingerprint density at radius 2 is 2.47 bits per heavy atom. The molecule has 1 N–H and O–H groups in total. The van der Waals surface area contributed by atoms with E-state index in [1.165, 1.54) is 4.88 Å². The molecule has 2 aromatic heterocycles. The summed E-state index contributed by atoms with van der Waals surface area (Å²) in [5.74, 6) is 1.11. The van der Waals surface area contributed by atoms with Crippen molar-refractivity contribution in [3.8, 4) is 0 Å². The summed E-state index contributed by atoms with van der Waals surface area (Å²) in [7, 11) is 4.02. The fourth-order valence-electron chi connectivity index (χ4n) is 1.61. The molecule has 2 rings (SSSR count). The summed E-state index contributed by atoms with van der Waals surface area (Å²) in [5, 5.41) is 5.44. The third-order valence-corrected chi connectivity index (χ3v) is 3.53. The van der Waals surface area contributed by atoms with Crippen LogP contribution >= 0.6 is 11.3 Å². The van der Waals surface area contributed by atoms with Crippen molar-refractivity contribution in [3.63, 3.8) is 0 Å². The van der Waals surface area contributed by atoms with Crippen LogP contribution in [-0.2, 0) is 13.5 Å². The number of rotatable bonds is 4. The van der Waals surface area contributed by atoms with Crippen LogP contribution < -0.4 is 5.32 Å². The number of aromatic nitrogens is 2. The van der Waals surface area contributed by atoms with Crippen LogP contribution in [0.2, 0.25) is 0 Å². The molecule has 0 saturated heterocycles. The van der Waals surface area contributed by atoms with Gasteiger partial charge in [0.05, 0.1) is 0 Å². The normalized spacial score (nSPS) is 12.9. The van der Waals surface area contributed by atoms with Crippen molar-refractivity contribution < 1.29 is 0 Å². The first-order valence-corrected chi connectivity index (χ1v) is 5.86. The maximum atomic E-state index is 4.34. The van der Waals surface area contributed by atoms with Gasteiger partial charge in [-0.15, -0.1) is 11.3 Å². The Hall–Kier alpha value is -1.13. The molecule has 1 atom stereocenters. The molecule has 0 aromatic carbocycles. The van der Waals surface area contributed by atoms with Crippen LogP contribution in [0.3, 0.4) is 0 Å². The number of hydrogen-bond acceptors (Lipinski definition) is 3. The minimum atomic E-state index is 0.367. The molecular formula is C11H15N3S. The summed E-state index contributed by atoms with van der Waals surface area (Å²) in [6.07, 6.45) is 4.76. The molecule has 0 aliphatic carbocycles. The van der Waals surface area contributed by atoms with Gasteiger partial charge in [-0.05, 0) is 18.5 Å². The number of nitrogens with one attached hydrogen (secondary N) is 1. The summed E-state index contributed by atoms with van der Waals surface area (Å²) < 4.78 is 2.07. The average Bonchev–Trinajstić information content (AvgIpc) is 2.86. The highest BCUT2D eigenvalue weighted by Gasteiger charge is 2.13. The molecule has 0 bridgehead atoms. The van der Waals surface area contributed by atoms with Gasteiger partial charge in [0.1, 0.15) is 5.82 Å². The zero-order valence-electron chi connectivity index (χ0n) is 8.97. The number of hydrogen-bond donors (Lipinski definition) is 1. The van der Waals surface area contributed by atoms with Gasteiger partial charge in [-0.2, -0.15) is 0 Å². The maximum Gasteiger partial charge on any atom is 0.110 e. The van der Waals surface area contributed by atoms with Crippen LogP contribution in [0.1, 0.15) is 16.7 Å². The van der Waals surface area contributed by atoms with Crippen LogP contribution in [0.4, 0.5) is 0 Å². The molecule has 3 nitrogen and oxygen atoms in total. The molecule has 0 radical (unpaired) electrons. The van der Waals surface area contributed by atoms with Crippen molar-refractivity contribution >= 4 is 11.3 Å². The van der Waals surface area contributed by atoms with Crippen molar-refractivity contribution in [1.82, 2.24) is 14.9 Å². The minimum Gasteiger partial charge on any atom is -0.338 e. The van der Waals surface area contributed by atoms with Crippen molar-refractivity contribution in [2.75, 3.05) is 7.05 Å². The third-order valence-electron chi connectivity index (χ3n) is 2.54. The first kappa shape index (κ1) is 10.4. The lowest BCUT2D eigenvalue weighted by Gasteiger charge is -2.13. The van der Waals surface area contributed by atoms with E-state index >= 15 is 0 Å². The highest BCUT2D eigenvalue weighted by molar-refractivity contribution is 7.10. The van der Waals surface area contributed by atoms with Crippen LogP contribution in [0.5, 0.6) is 0 Å². The lowest BCUT2D eigenvalue weighted by atomic mass is 10.1. The molecule has 0 saturated carbocycles. The Kier molecular flexibility index (Phi) is 3.18. The molecule has 0 aliphatic rings. The quantitative estimate of drug-likeness (QED) is 0.855. The van der Waals surface area contributed by atoms with E-state index in [4.69, 9.17) is 0 Å². The van der Waals surface area contributed by atoms with Crippen molar-refractivity contribution in [2.45, 2.75) is 12.5 Å². The summed E-state index contributed by atoms with van der Waals surface area (Å²) in [6.45, 7) is 0. The van der Waals surface area contributed by atoms with E-state index in [0.717, 1.165) is 12.2 Å². The molecule has 2 aromatic rings. The SMILES string of the molecule is CNC(Cc1nccn1C)c1cccs1.